The number of ketones is 3. The molecule has 0 aromatic carbocycles. The molecule has 0 aromatic heterocycles. The predicted molar refractivity (Wildman–Crippen MR) is 109 cm³/mol. The van der Waals surface area contributed by atoms with Gasteiger partial charge in [0.05, 0.1) is 12.9 Å². The molecule has 0 rings (SSSR count). The van der Waals surface area contributed by atoms with Crippen LogP contribution in [-0.4, -0.2) is 30.1 Å². The van der Waals surface area contributed by atoms with E-state index in [1.165, 1.54) is 19.9 Å². The summed E-state index contributed by atoms with van der Waals surface area (Å²) >= 11 is 5.30. The van der Waals surface area contributed by atoms with Crippen molar-refractivity contribution in [3.63, 3.8) is 0 Å². The summed E-state index contributed by atoms with van der Waals surface area (Å²) in [6.45, 7) is 8.27. The molecule has 0 bridgehead atoms. The van der Waals surface area contributed by atoms with Crippen LogP contribution in [0.1, 0.15) is 34.6 Å². The summed E-state index contributed by atoms with van der Waals surface area (Å²) in [5.74, 6) is 2.91. The molecule has 0 aromatic rings. The van der Waals surface area contributed by atoms with E-state index < -0.39 is 12.0 Å². The number of rotatable bonds is 4. The van der Waals surface area contributed by atoms with Crippen LogP contribution in [0.2, 0.25) is 0 Å². The predicted octanol–water partition coefficient (Wildman–Crippen LogP) is 2.19. The fourth-order valence-electron chi connectivity index (χ4n) is 0.711. The molecule has 0 fully saturated rings. The van der Waals surface area contributed by atoms with Gasteiger partial charge in [-0.25, -0.2) is 0 Å². The Morgan fingerprint density at radius 3 is 1.74 bits per heavy atom. The number of carbonyl (C=O) groups is 3. The molecular weight excluding hydrogens is 745 g/mol. The molecule has 0 heterocycles. The number of carbonyl (C=O) groups excluding carboxylic acids is 3. The van der Waals surface area contributed by atoms with Gasteiger partial charge in [0.25, 0.3) is 5.78 Å². The molecule has 0 saturated carbocycles. The molecule has 0 spiro atoms. The van der Waals surface area contributed by atoms with Crippen LogP contribution in [0.25, 0.3) is 0 Å². The molecule has 157 valence electrons. The Morgan fingerprint density at radius 1 is 1.15 bits per heavy atom. The SMILES string of the molecule is C/C=C/C(C)=O.CC#CC(C)=O.CCO/C=C/C(=O)C(F)(F)F.I[I-]I.[V]. The van der Waals surface area contributed by atoms with Gasteiger partial charge in [-0.2, -0.15) is 13.2 Å². The van der Waals surface area contributed by atoms with Gasteiger partial charge in [-0.15, -0.1) is 0 Å². The Bertz CT molecular complexity index is 511. The van der Waals surface area contributed by atoms with Crippen molar-refractivity contribution in [3.8, 4) is 11.8 Å². The molecule has 0 atom stereocenters. The molecule has 0 aliphatic heterocycles. The van der Waals surface area contributed by atoms with Gasteiger partial charge in [0.2, 0.25) is 5.78 Å². The van der Waals surface area contributed by atoms with Gasteiger partial charge in [-0.05, 0) is 39.7 Å². The minimum atomic E-state index is -4.80. The first kappa shape index (κ1) is 38.1. The van der Waals surface area contributed by atoms with Crippen molar-refractivity contribution in [2.75, 3.05) is 6.61 Å². The van der Waals surface area contributed by atoms with Gasteiger partial charge in [0.1, 0.15) is 0 Å². The average molecular weight is 766 g/mol. The van der Waals surface area contributed by atoms with E-state index in [-0.39, 0.29) is 36.7 Å². The van der Waals surface area contributed by atoms with Crippen LogP contribution < -0.4 is 13.3 Å². The van der Waals surface area contributed by atoms with E-state index in [1.807, 2.05) is 6.92 Å². The average Bonchev–Trinajstić information content (AvgIpc) is 2.48. The maximum atomic E-state index is 11.4. The number of hydrogen-bond donors (Lipinski definition) is 0. The van der Waals surface area contributed by atoms with Crippen LogP contribution in [0, 0.1) is 11.8 Å². The Balaban J connectivity index is -0.0000000869. The van der Waals surface area contributed by atoms with Crippen molar-refractivity contribution in [1.29, 1.82) is 0 Å². The maximum Gasteiger partial charge on any atom is 0 e. The summed E-state index contributed by atoms with van der Waals surface area (Å²) in [5.41, 5.74) is 0. The second kappa shape index (κ2) is 28.6. The third kappa shape index (κ3) is 51.9. The van der Waals surface area contributed by atoms with E-state index in [0.29, 0.717) is 19.3 Å². The smallest absolute Gasteiger partial charge is 0 e. The minimum absolute atomic E-state index is 0. The first-order valence-corrected chi connectivity index (χ1v) is 19.3. The number of ether oxygens (including phenoxy) is 1. The van der Waals surface area contributed by atoms with Gasteiger partial charge in [-0.1, -0.05) is 12.0 Å². The van der Waals surface area contributed by atoms with Crippen LogP contribution in [0.4, 0.5) is 13.2 Å². The van der Waals surface area contributed by atoms with Gasteiger partial charge < -0.3 is 4.74 Å². The van der Waals surface area contributed by atoms with E-state index in [2.05, 4.69) is 53.8 Å². The monoisotopic (exact) mass is 766 g/mol. The van der Waals surface area contributed by atoms with E-state index in [4.69, 9.17) is 0 Å². The normalized spacial score (nSPS) is 9.11. The Labute approximate surface area is 200 Å². The van der Waals surface area contributed by atoms with Crippen molar-refractivity contribution in [3.05, 3.63) is 24.5 Å². The third-order valence-corrected chi connectivity index (χ3v) is 1.46. The summed E-state index contributed by atoms with van der Waals surface area (Å²) in [6.07, 6.45) is -0.463. The summed E-state index contributed by atoms with van der Waals surface area (Å²) in [4.78, 5) is 29.9. The van der Waals surface area contributed by atoms with Crippen molar-refractivity contribution in [2.24, 2.45) is 0 Å². The standard InChI is InChI=1S/C6H7F3O2.C5H8O.C5H6O.I3.V/c1-2-11-4-3-5(10)6(7,8)9;2*1-3-4-5(2)6;1-3-2;/h3-4H,2H2,1H3;3-4H,1-2H3;1-2H3;;/q;;;-1;/b2*4-3+;;;. The van der Waals surface area contributed by atoms with Gasteiger partial charge >= 0.3 is 56.7 Å². The molecule has 0 amide bonds. The van der Waals surface area contributed by atoms with Crippen molar-refractivity contribution in [2.45, 2.75) is 40.8 Å². The van der Waals surface area contributed by atoms with Crippen LogP contribution in [0.15, 0.2) is 24.5 Å². The molecule has 0 N–H and O–H groups in total. The zero-order valence-corrected chi connectivity index (χ0v) is 23.2. The van der Waals surface area contributed by atoms with Gasteiger partial charge in [0, 0.05) is 31.6 Å². The van der Waals surface area contributed by atoms with Crippen molar-refractivity contribution >= 4 is 54.6 Å². The zero-order valence-electron chi connectivity index (χ0n) is 15.4. The summed E-state index contributed by atoms with van der Waals surface area (Å²) in [6, 6.07) is 0. The molecule has 0 saturated heterocycles. The number of allylic oxidation sites excluding steroid dienone is 3. The molecule has 0 aliphatic rings. The largest absolute Gasteiger partial charge is 0 e. The second-order valence-corrected chi connectivity index (χ2v) is 20.0. The second-order valence-electron chi connectivity index (χ2n) is 3.72. The van der Waals surface area contributed by atoms with Crippen LogP contribution in [0.5, 0.6) is 0 Å². The van der Waals surface area contributed by atoms with E-state index in [1.54, 1.807) is 19.9 Å². The molecule has 11 heteroatoms. The minimum Gasteiger partial charge on any atom is 0 e. The quantitative estimate of drug-likeness (QED) is 0.145. The fraction of sp³-hybridized carbons (Fsp3) is 0.438. The molecule has 4 nitrogen and oxygen atoms in total. The molecule has 0 unspecified atom stereocenters. The van der Waals surface area contributed by atoms with Crippen molar-refractivity contribution in [1.82, 2.24) is 0 Å². The van der Waals surface area contributed by atoms with E-state index >= 15 is 0 Å². The van der Waals surface area contributed by atoms with E-state index in [0.717, 1.165) is 6.26 Å². The zero-order chi connectivity index (χ0) is 21.6. The summed E-state index contributed by atoms with van der Waals surface area (Å²) in [7, 11) is 0. The Hall–Kier alpha value is 0.414. The number of alkyl halides is 3. The first-order chi connectivity index (χ1) is 11.9. The van der Waals surface area contributed by atoms with Crippen LogP contribution in [-0.2, 0) is 37.7 Å². The fourth-order valence-corrected chi connectivity index (χ4v) is 0.711. The third-order valence-electron chi connectivity index (χ3n) is 1.46. The first-order valence-electron chi connectivity index (χ1n) is 6.77. The summed E-state index contributed by atoms with van der Waals surface area (Å²) in [5, 5.41) is 0. The Kier molecular flexibility index (Phi) is 40.4. The molecule has 0 aliphatic carbocycles. The van der Waals surface area contributed by atoms with Crippen LogP contribution >= 0.6 is 37.2 Å². The number of hydrogen-bond acceptors (Lipinski definition) is 4. The number of Topliss-reactive ketones (excluding diaryl/α,β-unsaturated/α-hetero) is 1. The molecular formula is C16H21F3I3O4V-. The number of halogens is 6. The van der Waals surface area contributed by atoms with E-state index in [9.17, 15) is 27.6 Å². The Morgan fingerprint density at radius 2 is 1.59 bits per heavy atom. The summed E-state index contributed by atoms with van der Waals surface area (Å²) < 4.78 is 38.7. The molecule has 27 heavy (non-hydrogen) atoms. The van der Waals surface area contributed by atoms with Gasteiger partial charge in [-0.3, -0.25) is 14.4 Å². The molecule has 1 radical (unpaired) electrons. The van der Waals surface area contributed by atoms with Crippen LogP contribution in [0.3, 0.4) is 0 Å². The van der Waals surface area contributed by atoms with Gasteiger partial charge in [0.15, 0.2) is 5.78 Å². The van der Waals surface area contributed by atoms with Crippen molar-refractivity contribution < 1.29 is 64.1 Å². The maximum absolute atomic E-state index is 11.4. The topological polar surface area (TPSA) is 60.4 Å².